The highest BCUT2D eigenvalue weighted by molar-refractivity contribution is 7.89. The van der Waals surface area contributed by atoms with Crippen LogP contribution in [0.2, 0.25) is 0 Å². The summed E-state index contributed by atoms with van der Waals surface area (Å²) in [6, 6.07) is 2.01. The van der Waals surface area contributed by atoms with Crippen LogP contribution in [-0.4, -0.2) is 21.0 Å². The molecular weight excluding hydrogens is 260 g/mol. The maximum Gasteiger partial charge on any atom is 0.241 e. The van der Waals surface area contributed by atoms with Crippen LogP contribution in [0.5, 0.6) is 0 Å². The number of nitrogens with two attached hydrogens (primary N) is 1. The summed E-state index contributed by atoms with van der Waals surface area (Å²) in [6.45, 7) is 9.79. The number of nitrogens with one attached hydrogen (secondary N) is 1. The second-order valence-electron chi connectivity index (χ2n) is 5.25. The Bertz CT molecular complexity index is 537. The Hall–Kier alpha value is -0.910. The van der Waals surface area contributed by atoms with Crippen LogP contribution in [0.15, 0.2) is 11.0 Å². The minimum absolute atomic E-state index is 0.0101. The Labute approximate surface area is 116 Å². The second kappa shape index (κ2) is 6.03. The molecule has 0 bridgehead atoms. The van der Waals surface area contributed by atoms with E-state index in [0.29, 0.717) is 17.9 Å². The van der Waals surface area contributed by atoms with Gasteiger partial charge in [-0.25, -0.2) is 13.1 Å². The lowest BCUT2D eigenvalue weighted by atomic mass is 10.0. The summed E-state index contributed by atoms with van der Waals surface area (Å²) in [7, 11) is -3.47. The number of hydrogen-bond donors (Lipinski definition) is 2. The lowest BCUT2D eigenvalue weighted by molar-refractivity contribution is 0.570. The number of rotatable bonds is 5. The zero-order valence-electron chi connectivity index (χ0n) is 12.4. The maximum absolute atomic E-state index is 12.4. The van der Waals surface area contributed by atoms with Gasteiger partial charge in [-0.05, 0) is 63.3 Å². The van der Waals surface area contributed by atoms with Crippen LogP contribution in [0.4, 0.5) is 0 Å². The van der Waals surface area contributed by atoms with Gasteiger partial charge in [-0.15, -0.1) is 0 Å². The molecule has 1 unspecified atom stereocenters. The van der Waals surface area contributed by atoms with Crippen molar-refractivity contribution in [3.8, 4) is 0 Å². The minimum atomic E-state index is -3.47. The van der Waals surface area contributed by atoms with Crippen molar-refractivity contribution in [1.82, 2.24) is 4.72 Å². The molecule has 0 amide bonds. The fraction of sp³-hybridized carbons (Fsp3) is 0.571. The third kappa shape index (κ3) is 3.78. The molecule has 1 aromatic rings. The van der Waals surface area contributed by atoms with Gasteiger partial charge >= 0.3 is 0 Å². The summed E-state index contributed by atoms with van der Waals surface area (Å²) < 4.78 is 27.5. The third-order valence-electron chi connectivity index (χ3n) is 3.46. The topological polar surface area (TPSA) is 72.2 Å². The molecule has 0 fully saturated rings. The first-order valence-corrected chi connectivity index (χ1v) is 7.97. The molecule has 3 N–H and O–H groups in total. The molecule has 19 heavy (non-hydrogen) atoms. The van der Waals surface area contributed by atoms with Crippen LogP contribution in [0.3, 0.4) is 0 Å². The summed E-state index contributed by atoms with van der Waals surface area (Å²) in [5.74, 6) is 0. The van der Waals surface area contributed by atoms with Crippen molar-refractivity contribution in [3.05, 3.63) is 28.3 Å². The predicted molar refractivity (Wildman–Crippen MR) is 78.8 cm³/mol. The molecule has 0 aromatic heterocycles. The summed E-state index contributed by atoms with van der Waals surface area (Å²) in [4.78, 5) is 0.412. The number of benzene rings is 1. The first-order valence-electron chi connectivity index (χ1n) is 6.49. The molecule has 0 saturated carbocycles. The van der Waals surface area contributed by atoms with Crippen LogP contribution in [0.25, 0.3) is 0 Å². The first-order chi connectivity index (χ1) is 8.66. The van der Waals surface area contributed by atoms with E-state index in [1.807, 2.05) is 40.7 Å². The van der Waals surface area contributed by atoms with E-state index in [9.17, 15) is 8.42 Å². The van der Waals surface area contributed by atoms with E-state index in [1.54, 1.807) is 0 Å². The molecule has 0 aliphatic carbocycles. The average Bonchev–Trinajstić information content (AvgIpc) is 2.25. The van der Waals surface area contributed by atoms with Crippen molar-refractivity contribution >= 4 is 10.0 Å². The molecule has 0 aliphatic heterocycles. The molecule has 0 aliphatic rings. The summed E-state index contributed by atoms with van der Waals surface area (Å²) in [6.07, 6.45) is 0.627. The highest BCUT2D eigenvalue weighted by Crippen LogP contribution is 2.25. The van der Waals surface area contributed by atoms with Gasteiger partial charge in [0.2, 0.25) is 10.0 Å². The summed E-state index contributed by atoms with van der Waals surface area (Å²) in [5, 5.41) is 0. The van der Waals surface area contributed by atoms with Gasteiger partial charge in [-0.3, -0.25) is 0 Å². The average molecular weight is 284 g/mol. The van der Waals surface area contributed by atoms with Crippen LogP contribution < -0.4 is 10.5 Å². The number of sulfonamides is 1. The number of aryl methyl sites for hydroxylation is 2. The second-order valence-corrected chi connectivity index (χ2v) is 6.96. The highest BCUT2D eigenvalue weighted by Gasteiger charge is 2.21. The van der Waals surface area contributed by atoms with Crippen molar-refractivity contribution in [2.24, 2.45) is 5.73 Å². The van der Waals surface area contributed by atoms with Crippen molar-refractivity contribution in [1.29, 1.82) is 0 Å². The van der Waals surface area contributed by atoms with E-state index in [0.717, 1.165) is 22.3 Å². The molecule has 1 rings (SSSR count). The normalized spacial score (nSPS) is 13.6. The standard InChI is InChI=1S/C14H24N2O2S/c1-9-8-10(2)13(5)14(12(9)4)19(17,18)16-7-6-11(3)15/h8,11,16H,6-7,15H2,1-5H3. The van der Waals surface area contributed by atoms with Gasteiger partial charge in [-0.1, -0.05) is 6.07 Å². The molecular formula is C14H24N2O2S. The lowest BCUT2D eigenvalue weighted by Crippen LogP contribution is -2.30. The molecule has 0 saturated heterocycles. The summed E-state index contributed by atoms with van der Waals surface area (Å²) >= 11 is 0. The predicted octanol–water partition coefficient (Wildman–Crippen LogP) is 1.94. The van der Waals surface area contributed by atoms with Crippen molar-refractivity contribution < 1.29 is 8.42 Å². The largest absolute Gasteiger partial charge is 0.328 e. The van der Waals surface area contributed by atoms with Crippen LogP contribution >= 0.6 is 0 Å². The van der Waals surface area contributed by atoms with Gasteiger partial charge in [0.15, 0.2) is 0 Å². The van der Waals surface area contributed by atoms with E-state index >= 15 is 0 Å². The fourth-order valence-corrected chi connectivity index (χ4v) is 3.74. The van der Waals surface area contributed by atoms with Crippen LogP contribution in [0.1, 0.15) is 35.6 Å². The molecule has 4 nitrogen and oxygen atoms in total. The smallest absolute Gasteiger partial charge is 0.241 e. The van der Waals surface area contributed by atoms with E-state index in [1.165, 1.54) is 0 Å². The van der Waals surface area contributed by atoms with Crippen molar-refractivity contribution in [2.75, 3.05) is 6.54 Å². The van der Waals surface area contributed by atoms with Gasteiger partial charge < -0.3 is 5.73 Å². The van der Waals surface area contributed by atoms with Crippen LogP contribution in [-0.2, 0) is 10.0 Å². The molecule has 1 aromatic carbocycles. The maximum atomic E-state index is 12.4. The monoisotopic (exact) mass is 284 g/mol. The van der Waals surface area contributed by atoms with Gasteiger partial charge in [0.05, 0.1) is 4.90 Å². The van der Waals surface area contributed by atoms with E-state index in [4.69, 9.17) is 5.73 Å². The van der Waals surface area contributed by atoms with E-state index in [-0.39, 0.29) is 6.04 Å². The molecule has 108 valence electrons. The molecule has 1 atom stereocenters. The van der Waals surface area contributed by atoms with Crippen molar-refractivity contribution in [3.63, 3.8) is 0 Å². The minimum Gasteiger partial charge on any atom is -0.328 e. The first kappa shape index (κ1) is 16.1. The van der Waals surface area contributed by atoms with Crippen LogP contribution in [0, 0.1) is 27.7 Å². The Morgan fingerprint density at radius 1 is 1.16 bits per heavy atom. The molecule has 0 spiro atoms. The SMILES string of the molecule is Cc1cc(C)c(C)c(S(=O)(=O)NCCC(C)N)c1C. The van der Waals surface area contributed by atoms with Gasteiger partial charge in [0.1, 0.15) is 0 Å². The quantitative estimate of drug-likeness (QED) is 0.868. The Balaban J connectivity index is 3.15. The molecule has 5 heteroatoms. The fourth-order valence-electron chi connectivity index (χ4n) is 2.08. The molecule has 0 radical (unpaired) electrons. The van der Waals surface area contributed by atoms with Gasteiger partial charge in [0, 0.05) is 12.6 Å². The zero-order valence-corrected chi connectivity index (χ0v) is 13.2. The Morgan fingerprint density at radius 2 is 1.63 bits per heavy atom. The Morgan fingerprint density at radius 3 is 2.05 bits per heavy atom. The van der Waals surface area contributed by atoms with Gasteiger partial charge in [-0.2, -0.15) is 0 Å². The number of hydrogen-bond acceptors (Lipinski definition) is 3. The molecule has 0 heterocycles. The van der Waals surface area contributed by atoms with Crippen molar-refractivity contribution in [2.45, 2.75) is 52.0 Å². The van der Waals surface area contributed by atoms with Gasteiger partial charge in [0.25, 0.3) is 0 Å². The van der Waals surface area contributed by atoms with E-state index < -0.39 is 10.0 Å². The zero-order chi connectivity index (χ0) is 14.8. The third-order valence-corrected chi connectivity index (χ3v) is 5.19. The summed E-state index contributed by atoms with van der Waals surface area (Å²) in [5.41, 5.74) is 9.26. The highest BCUT2D eigenvalue weighted by atomic mass is 32.2. The lowest BCUT2D eigenvalue weighted by Gasteiger charge is -2.16. The Kier molecular flexibility index (Phi) is 5.12. The van der Waals surface area contributed by atoms with E-state index in [2.05, 4.69) is 4.72 Å².